The minimum atomic E-state index is -0.649. The molecular formula is C19H18N2O5. The fraction of sp³-hybridized carbons (Fsp3) is 0.211. The Hall–Kier alpha value is -3.35. The summed E-state index contributed by atoms with van der Waals surface area (Å²) in [4.78, 5) is 35.3. The van der Waals surface area contributed by atoms with Gasteiger partial charge in [0.15, 0.2) is 13.2 Å². The number of benzene rings is 2. The van der Waals surface area contributed by atoms with E-state index in [1.807, 2.05) is 32.0 Å². The van der Waals surface area contributed by atoms with E-state index in [0.29, 0.717) is 17.1 Å². The third kappa shape index (κ3) is 4.18. The molecule has 0 bridgehead atoms. The summed E-state index contributed by atoms with van der Waals surface area (Å²) < 4.78 is 10.3. The van der Waals surface area contributed by atoms with Crippen LogP contribution in [-0.4, -0.2) is 31.0 Å². The second-order valence-corrected chi connectivity index (χ2v) is 6.05. The summed E-state index contributed by atoms with van der Waals surface area (Å²) in [6, 6.07) is 10.2. The van der Waals surface area contributed by atoms with Crippen LogP contribution in [0, 0.1) is 13.8 Å². The van der Waals surface area contributed by atoms with Gasteiger partial charge in [-0.1, -0.05) is 6.07 Å². The average molecular weight is 354 g/mol. The molecule has 2 aromatic carbocycles. The summed E-state index contributed by atoms with van der Waals surface area (Å²) in [6.07, 6.45) is 0. The highest BCUT2D eigenvalue weighted by atomic mass is 16.5. The molecule has 7 nitrogen and oxygen atoms in total. The number of hydrogen-bond acceptors (Lipinski definition) is 5. The van der Waals surface area contributed by atoms with Crippen molar-refractivity contribution in [2.24, 2.45) is 0 Å². The molecule has 2 N–H and O–H groups in total. The summed E-state index contributed by atoms with van der Waals surface area (Å²) in [5.74, 6) is -0.941. The van der Waals surface area contributed by atoms with Gasteiger partial charge < -0.3 is 20.1 Å². The Morgan fingerprint density at radius 2 is 1.88 bits per heavy atom. The molecule has 2 amide bonds. The van der Waals surface area contributed by atoms with Gasteiger partial charge in [-0.15, -0.1) is 0 Å². The maximum Gasteiger partial charge on any atom is 0.338 e. The zero-order valence-electron chi connectivity index (χ0n) is 14.4. The minimum Gasteiger partial charge on any atom is -0.482 e. The first-order chi connectivity index (χ1) is 12.4. The van der Waals surface area contributed by atoms with Gasteiger partial charge in [-0.2, -0.15) is 0 Å². The third-order valence-electron chi connectivity index (χ3n) is 3.69. The van der Waals surface area contributed by atoms with Gasteiger partial charge in [0.1, 0.15) is 5.75 Å². The summed E-state index contributed by atoms with van der Waals surface area (Å²) in [7, 11) is 0. The number of fused-ring (bicyclic) bond motifs is 1. The molecule has 3 rings (SSSR count). The molecule has 0 saturated carbocycles. The molecule has 0 aromatic heterocycles. The van der Waals surface area contributed by atoms with Gasteiger partial charge in [0.25, 0.3) is 11.8 Å². The molecule has 0 aliphatic carbocycles. The van der Waals surface area contributed by atoms with E-state index < -0.39 is 18.5 Å². The van der Waals surface area contributed by atoms with Crippen molar-refractivity contribution in [2.45, 2.75) is 13.8 Å². The molecule has 1 aliphatic rings. The molecular weight excluding hydrogens is 336 g/mol. The number of esters is 1. The van der Waals surface area contributed by atoms with E-state index in [-0.39, 0.29) is 18.1 Å². The van der Waals surface area contributed by atoms with Crippen LogP contribution < -0.4 is 15.4 Å². The molecule has 134 valence electrons. The minimum absolute atomic E-state index is 0.107. The molecule has 1 aliphatic heterocycles. The van der Waals surface area contributed by atoms with Crippen LogP contribution in [0.25, 0.3) is 0 Å². The van der Waals surface area contributed by atoms with Crippen molar-refractivity contribution in [3.05, 3.63) is 53.1 Å². The average Bonchev–Trinajstić information content (AvgIpc) is 2.58. The largest absolute Gasteiger partial charge is 0.482 e. The van der Waals surface area contributed by atoms with Crippen molar-refractivity contribution in [2.75, 3.05) is 23.8 Å². The fourth-order valence-electron chi connectivity index (χ4n) is 2.66. The number of anilines is 2. The SMILES string of the molecule is Cc1cc(C)cc(NC(=O)COC(=O)c2ccc3c(c2)OCC(=O)N3)c1. The van der Waals surface area contributed by atoms with Gasteiger partial charge in [0, 0.05) is 5.69 Å². The van der Waals surface area contributed by atoms with E-state index in [4.69, 9.17) is 9.47 Å². The van der Waals surface area contributed by atoms with Gasteiger partial charge >= 0.3 is 5.97 Å². The number of ether oxygens (including phenoxy) is 2. The van der Waals surface area contributed by atoms with Crippen molar-refractivity contribution < 1.29 is 23.9 Å². The molecule has 0 radical (unpaired) electrons. The first-order valence-corrected chi connectivity index (χ1v) is 8.03. The number of hydrogen-bond donors (Lipinski definition) is 2. The predicted molar refractivity (Wildman–Crippen MR) is 95.4 cm³/mol. The van der Waals surface area contributed by atoms with Crippen molar-refractivity contribution in [3.63, 3.8) is 0 Å². The monoisotopic (exact) mass is 354 g/mol. The second kappa shape index (κ2) is 7.26. The van der Waals surface area contributed by atoms with Crippen LogP contribution in [0.2, 0.25) is 0 Å². The molecule has 0 unspecified atom stereocenters. The molecule has 2 aromatic rings. The summed E-state index contributed by atoms with van der Waals surface area (Å²) >= 11 is 0. The molecule has 26 heavy (non-hydrogen) atoms. The number of carbonyl (C=O) groups is 3. The van der Waals surface area contributed by atoms with Crippen molar-refractivity contribution in [1.82, 2.24) is 0 Å². The van der Waals surface area contributed by atoms with Crippen LogP contribution in [0.4, 0.5) is 11.4 Å². The van der Waals surface area contributed by atoms with Crippen LogP contribution >= 0.6 is 0 Å². The van der Waals surface area contributed by atoms with Crippen molar-refractivity contribution >= 4 is 29.2 Å². The molecule has 1 heterocycles. The zero-order valence-corrected chi connectivity index (χ0v) is 14.4. The molecule has 7 heteroatoms. The van der Waals surface area contributed by atoms with Gasteiger partial charge in [-0.25, -0.2) is 4.79 Å². The zero-order chi connectivity index (χ0) is 18.7. The van der Waals surface area contributed by atoms with Gasteiger partial charge in [0.05, 0.1) is 11.3 Å². The maximum absolute atomic E-state index is 12.1. The van der Waals surface area contributed by atoms with Crippen molar-refractivity contribution in [3.8, 4) is 5.75 Å². The van der Waals surface area contributed by atoms with E-state index in [9.17, 15) is 14.4 Å². The van der Waals surface area contributed by atoms with Gasteiger partial charge in [-0.05, 0) is 55.3 Å². The molecule has 0 spiro atoms. The lowest BCUT2D eigenvalue weighted by Crippen LogP contribution is -2.25. The Balaban J connectivity index is 1.58. The number of amides is 2. The topological polar surface area (TPSA) is 93.7 Å². The Labute approximate surface area is 150 Å². The maximum atomic E-state index is 12.1. The van der Waals surface area contributed by atoms with Gasteiger partial charge in [-0.3, -0.25) is 9.59 Å². The number of carbonyl (C=O) groups excluding carboxylic acids is 3. The first-order valence-electron chi connectivity index (χ1n) is 8.03. The van der Waals surface area contributed by atoms with Crippen LogP contribution in [0.15, 0.2) is 36.4 Å². The highest BCUT2D eigenvalue weighted by Crippen LogP contribution is 2.28. The predicted octanol–water partition coefficient (Wildman–Crippen LogP) is 2.43. The molecule has 0 fully saturated rings. The Kier molecular flexibility index (Phi) is 4.88. The lowest BCUT2D eigenvalue weighted by molar-refractivity contribution is -0.119. The Bertz CT molecular complexity index is 871. The van der Waals surface area contributed by atoms with Crippen LogP contribution in [0.1, 0.15) is 21.5 Å². The molecule has 0 atom stereocenters. The van der Waals surface area contributed by atoms with E-state index in [1.54, 1.807) is 6.07 Å². The van der Waals surface area contributed by atoms with Crippen LogP contribution in [-0.2, 0) is 14.3 Å². The van der Waals surface area contributed by atoms with Crippen molar-refractivity contribution in [1.29, 1.82) is 0 Å². The molecule has 0 saturated heterocycles. The smallest absolute Gasteiger partial charge is 0.338 e. The lowest BCUT2D eigenvalue weighted by atomic mass is 10.1. The second-order valence-electron chi connectivity index (χ2n) is 6.05. The number of aryl methyl sites for hydroxylation is 2. The van der Waals surface area contributed by atoms with Gasteiger partial charge in [0.2, 0.25) is 0 Å². The Morgan fingerprint density at radius 1 is 1.15 bits per heavy atom. The number of rotatable bonds is 4. The lowest BCUT2D eigenvalue weighted by Gasteiger charge is -2.18. The van der Waals surface area contributed by atoms with Crippen LogP contribution in [0.3, 0.4) is 0 Å². The highest BCUT2D eigenvalue weighted by molar-refractivity contribution is 5.98. The highest BCUT2D eigenvalue weighted by Gasteiger charge is 2.19. The normalized spacial score (nSPS) is 12.5. The quantitative estimate of drug-likeness (QED) is 0.823. The summed E-state index contributed by atoms with van der Waals surface area (Å²) in [6.45, 7) is 3.36. The van der Waals surface area contributed by atoms with E-state index in [0.717, 1.165) is 11.1 Å². The van der Waals surface area contributed by atoms with E-state index in [1.165, 1.54) is 12.1 Å². The standard InChI is InChI=1S/C19H18N2O5/c1-11-5-12(2)7-14(6-11)20-17(22)10-26-19(24)13-3-4-15-16(8-13)25-9-18(23)21-15/h3-8H,9-10H2,1-2H3,(H,20,22)(H,21,23). The Morgan fingerprint density at radius 3 is 2.62 bits per heavy atom. The van der Waals surface area contributed by atoms with E-state index >= 15 is 0 Å². The summed E-state index contributed by atoms with van der Waals surface area (Å²) in [5, 5.41) is 5.33. The van der Waals surface area contributed by atoms with E-state index in [2.05, 4.69) is 10.6 Å². The first kappa shape index (κ1) is 17.5. The number of nitrogens with one attached hydrogen (secondary N) is 2. The third-order valence-corrected chi connectivity index (χ3v) is 3.69. The fourth-order valence-corrected chi connectivity index (χ4v) is 2.66. The summed E-state index contributed by atoms with van der Waals surface area (Å²) in [5.41, 5.74) is 3.43. The van der Waals surface area contributed by atoms with Crippen LogP contribution in [0.5, 0.6) is 5.75 Å².